The molecule has 0 aliphatic rings. The SMILES string of the molecule is CCCCc1c(C)nc(Nc2ccccc2)[nH]c1=O.CCCCc1c(C)nc(Nc2ccccc2)nc1OC(=O)OCc1ccccc1.O=C(Cl)OCc1ccccc1. The zero-order valence-corrected chi connectivity index (χ0v) is 34.6. The van der Waals surface area contributed by atoms with E-state index in [4.69, 9.17) is 21.1 Å². The third kappa shape index (κ3) is 16.5. The van der Waals surface area contributed by atoms with Crippen LogP contribution < -0.4 is 20.9 Å². The van der Waals surface area contributed by atoms with Gasteiger partial charge in [0.1, 0.15) is 13.2 Å². The summed E-state index contributed by atoms with van der Waals surface area (Å²) in [6.45, 7) is 8.38. The second kappa shape index (κ2) is 25.0. The highest BCUT2D eigenvalue weighted by Crippen LogP contribution is 2.25. The van der Waals surface area contributed by atoms with Crippen LogP contribution in [-0.2, 0) is 35.5 Å². The van der Waals surface area contributed by atoms with Crippen LogP contribution in [0.15, 0.2) is 126 Å². The van der Waals surface area contributed by atoms with Gasteiger partial charge in [-0.05, 0) is 74.9 Å². The highest BCUT2D eigenvalue weighted by atomic mass is 35.5. The number of carbonyl (C=O) groups excluding carboxylic acids is 2. The fraction of sp³-hybridized carbons (Fsp3) is 0.261. The molecule has 13 heteroatoms. The Balaban J connectivity index is 0.000000219. The molecule has 6 aromatic rings. The summed E-state index contributed by atoms with van der Waals surface area (Å²) in [5.41, 5.74) is 5.96. The molecule has 0 bridgehead atoms. The van der Waals surface area contributed by atoms with Crippen molar-refractivity contribution in [3.8, 4) is 5.88 Å². The van der Waals surface area contributed by atoms with E-state index in [0.29, 0.717) is 11.9 Å². The molecule has 308 valence electrons. The first-order chi connectivity index (χ1) is 28.6. The number of carbonyl (C=O) groups is 2. The van der Waals surface area contributed by atoms with Crippen LogP contribution in [0.1, 0.15) is 73.2 Å². The van der Waals surface area contributed by atoms with Crippen molar-refractivity contribution < 1.29 is 23.8 Å². The molecule has 2 heterocycles. The lowest BCUT2D eigenvalue weighted by molar-refractivity contribution is 0.0908. The number of aryl methyl sites for hydroxylation is 2. The summed E-state index contributed by atoms with van der Waals surface area (Å²) in [7, 11) is 0. The summed E-state index contributed by atoms with van der Waals surface area (Å²) in [5.74, 6) is 1.11. The van der Waals surface area contributed by atoms with Crippen LogP contribution in [0, 0.1) is 13.8 Å². The van der Waals surface area contributed by atoms with Crippen molar-refractivity contribution in [1.82, 2.24) is 19.9 Å². The lowest BCUT2D eigenvalue weighted by Crippen LogP contribution is -2.18. The maximum absolute atomic E-state index is 12.3. The molecule has 0 saturated heterocycles. The van der Waals surface area contributed by atoms with E-state index in [1.165, 1.54) is 0 Å². The molecule has 0 spiro atoms. The van der Waals surface area contributed by atoms with Gasteiger partial charge in [-0.15, -0.1) is 0 Å². The number of unbranched alkanes of at least 4 members (excludes halogenated alkanes) is 2. The van der Waals surface area contributed by atoms with Crippen LogP contribution in [0.4, 0.5) is 32.9 Å². The van der Waals surface area contributed by atoms with Crippen LogP contribution in [-0.4, -0.2) is 31.5 Å². The fourth-order valence-corrected chi connectivity index (χ4v) is 5.57. The van der Waals surface area contributed by atoms with Crippen LogP contribution in [0.2, 0.25) is 0 Å². The zero-order valence-electron chi connectivity index (χ0n) is 33.9. The van der Waals surface area contributed by atoms with E-state index < -0.39 is 11.6 Å². The van der Waals surface area contributed by atoms with Gasteiger partial charge >= 0.3 is 11.6 Å². The molecule has 0 unspecified atom stereocenters. The lowest BCUT2D eigenvalue weighted by Gasteiger charge is -2.14. The van der Waals surface area contributed by atoms with E-state index in [-0.39, 0.29) is 24.7 Å². The van der Waals surface area contributed by atoms with Crippen molar-refractivity contribution in [2.45, 2.75) is 79.4 Å². The van der Waals surface area contributed by atoms with E-state index in [0.717, 1.165) is 83.5 Å². The number of aromatic nitrogens is 4. The molecule has 0 atom stereocenters. The third-order valence-corrected chi connectivity index (χ3v) is 8.71. The van der Waals surface area contributed by atoms with Crippen molar-refractivity contribution in [3.63, 3.8) is 0 Å². The molecule has 59 heavy (non-hydrogen) atoms. The van der Waals surface area contributed by atoms with Gasteiger partial charge in [0.15, 0.2) is 0 Å². The highest BCUT2D eigenvalue weighted by molar-refractivity contribution is 6.61. The van der Waals surface area contributed by atoms with Gasteiger partial charge < -0.3 is 24.8 Å². The molecule has 0 amide bonds. The standard InChI is InChI=1S/C23H25N3O3.C15H19N3O.C8H7ClO2/c1-3-4-15-20-17(2)24-22(25-19-13-9-6-10-14-19)26-21(20)29-23(27)28-16-18-11-7-5-8-12-18;1-3-4-10-13-11(2)16-15(18-14(13)19)17-12-8-6-5-7-9-12;9-8(10)11-6-7-4-2-1-3-5-7/h5-14H,3-4,15-16H2,1-2H3,(H,24,25,26);5-9H,3-4,10H2,1-2H3,(H2,16,17,18,19);1-5H,6H2. The predicted molar refractivity (Wildman–Crippen MR) is 233 cm³/mol. The number of nitrogens with one attached hydrogen (secondary N) is 3. The zero-order chi connectivity index (χ0) is 42.2. The Morgan fingerprint density at radius 2 is 1.10 bits per heavy atom. The Hall–Kier alpha value is -6.53. The van der Waals surface area contributed by atoms with Gasteiger partial charge in [-0.2, -0.15) is 4.98 Å². The fourth-order valence-electron chi connectivity index (χ4n) is 5.52. The number of para-hydroxylation sites is 2. The minimum absolute atomic E-state index is 0.0422. The van der Waals surface area contributed by atoms with E-state index in [1.54, 1.807) is 0 Å². The number of halogens is 1. The lowest BCUT2D eigenvalue weighted by atomic mass is 10.1. The van der Waals surface area contributed by atoms with Gasteiger partial charge in [0.2, 0.25) is 17.8 Å². The number of benzene rings is 4. The Bertz CT molecular complexity index is 2230. The minimum atomic E-state index is -0.782. The Kier molecular flexibility index (Phi) is 19.1. The van der Waals surface area contributed by atoms with Crippen molar-refractivity contribution in [3.05, 3.63) is 165 Å². The average molecular weight is 819 g/mol. The molecule has 12 nitrogen and oxygen atoms in total. The Morgan fingerprint density at radius 1 is 0.627 bits per heavy atom. The number of H-pyrrole nitrogens is 1. The molecule has 2 aromatic heterocycles. The molecule has 0 aliphatic carbocycles. The van der Waals surface area contributed by atoms with Gasteiger partial charge in [-0.1, -0.05) is 124 Å². The average Bonchev–Trinajstić information content (AvgIpc) is 3.24. The van der Waals surface area contributed by atoms with Crippen LogP contribution in [0.5, 0.6) is 5.88 Å². The maximum Gasteiger partial charge on any atom is 0.515 e. The summed E-state index contributed by atoms with van der Waals surface area (Å²) in [5, 5.41) is 6.25. The number of rotatable bonds is 15. The minimum Gasteiger partial charge on any atom is -0.449 e. The predicted octanol–water partition coefficient (Wildman–Crippen LogP) is 11.3. The number of nitrogens with zero attached hydrogens (tertiary/aromatic N) is 3. The highest BCUT2D eigenvalue weighted by Gasteiger charge is 2.17. The van der Waals surface area contributed by atoms with Crippen LogP contribution in [0.3, 0.4) is 0 Å². The number of ether oxygens (including phenoxy) is 3. The first-order valence-electron chi connectivity index (χ1n) is 19.5. The summed E-state index contributed by atoms with van der Waals surface area (Å²) in [6.07, 6.45) is 4.79. The number of anilines is 4. The topological polar surface area (TPSA) is 157 Å². The summed E-state index contributed by atoms with van der Waals surface area (Å²) in [6, 6.07) is 38.1. The molecule has 0 radical (unpaired) electrons. The van der Waals surface area contributed by atoms with Gasteiger partial charge in [-0.3, -0.25) is 9.78 Å². The Morgan fingerprint density at radius 3 is 1.61 bits per heavy atom. The molecule has 3 N–H and O–H groups in total. The van der Waals surface area contributed by atoms with Gasteiger partial charge in [0, 0.05) is 45.5 Å². The smallest absolute Gasteiger partial charge is 0.449 e. The van der Waals surface area contributed by atoms with Crippen LogP contribution in [0.25, 0.3) is 0 Å². The first kappa shape index (κ1) is 45.2. The van der Waals surface area contributed by atoms with Crippen molar-refractivity contribution in [1.29, 1.82) is 0 Å². The summed E-state index contributed by atoms with van der Waals surface area (Å²) in [4.78, 5) is 50.6. The molecular weight excluding hydrogens is 768 g/mol. The second-order valence-electron chi connectivity index (χ2n) is 13.2. The third-order valence-electron chi connectivity index (χ3n) is 8.60. The number of aromatic amines is 1. The molecule has 0 aliphatic heterocycles. The summed E-state index contributed by atoms with van der Waals surface area (Å²) >= 11 is 4.97. The normalized spacial score (nSPS) is 10.2. The quantitative estimate of drug-likeness (QED) is 0.0669. The largest absolute Gasteiger partial charge is 0.515 e. The number of hydrogen-bond donors (Lipinski definition) is 3. The van der Waals surface area contributed by atoms with Gasteiger partial charge in [-0.25, -0.2) is 19.6 Å². The van der Waals surface area contributed by atoms with Gasteiger partial charge in [0.05, 0.1) is 0 Å². The second-order valence-corrected chi connectivity index (χ2v) is 13.5. The molecule has 4 aromatic carbocycles. The van der Waals surface area contributed by atoms with Gasteiger partial charge in [0.25, 0.3) is 5.56 Å². The maximum atomic E-state index is 12.3. The molecule has 6 rings (SSSR count). The molecular formula is C46H51ClN6O6. The first-order valence-corrected chi connectivity index (χ1v) is 19.9. The molecule has 0 fully saturated rings. The van der Waals surface area contributed by atoms with E-state index in [9.17, 15) is 14.4 Å². The summed E-state index contributed by atoms with van der Waals surface area (Å²) < 4.78 is 15.3. The van der Waals surface area contributed by atoms with E-state index >= 15 is 0 Å². The van der Waals surface area contributed by atoms with E-state index in [1.807, 2.05) is 135 Å². The van der Waals surface area contributed by atoms with Crippen molar-refractivity contribution in [2.24, 2.45) is 0 Å². The monoisotopic (exact) mass is 818 g/mol. The van der Waals surface area contributed by atoms with E-state index in [2.05, 4.69) is 49.2 Å². The van der Waals surface area contributed by atoms with Crippen LogP contribution >= 0.6 is 11.6 Å². The Labute approximate surface area is 350 Å². The van der Waals surface area contributed by atoms with Crippen molar-refractivity contribution in [2.75, 3.05) is 10.6 Å². The molecule has 0 saturated carbocycles. The number of hydrogen-bond acceptors (Lipinski definition) is 11. The van der Waals surface area contributed by atoms with Crippen molar-refractivity contribution >= 4 is 46.5 Å².